The summed E-state index contributed by atoms with van der Waals surface area (Å²) in [5.74, 6) is 1.68. The number of ether oxygens (including phenoxy) is 1. The predicted molar refractivity (Wildman–Crippen MR) is 112 cm³/mol. The van der Waals surface area contributed by atoms with Crippen LogP contribution >= 0.6 is 0 Å². The van der Waals surface area contributed by atoms with Crippen molar-refractivity contribution in [3.63, 3.8) is 0 Å². The van der Waals surface area contributed by atoms with E-state index in [1.165, 1.54) is 0 Å². The summed E-state index contributed by atoms with van der Waals surface area (Å²) in [6.07, 6.45) is 0.936. The molecule has 0 saturated carbocycles. The van der Waals surface area contributed by atoms with Crippen molar-refractivity contribution in [2.45, 2.75) is 39.5 Å². The molecule has 1 heterocycles. The van der Waals surface area contributed by atoms with Gasteiger partial charge in [-0.25, -0.2) is 4.99 Å². The summed E-state index contributed by atoms with van der Waals surface area (Å²) < 4.78 is 10.8. The molecule has 1 amide bonds. The van der Waals surface area contributed by atoms with Gasteiger partial charge in [0.05, 0.1) is 25.0 Å². The van der Waals surface area contributed by atoms with Gasteiger partial charge in [0.25, 0.3) is 0 Å². The molecule has 0 aliphatic carbocycles. The lowest BCUT2D eigenvalue weighted by atomic mass is 10.1. The summed E-state index contributed by atoms with van der Waals surface area (Å²) in [6, 6.07) is 10.9. The topological polar surface area (TPSA) is 108 Å². The fraction of sp³-hybridized carbons (Fsp3) is 0.429. The van der Waals surface area contributed by atoms with Crippen molar-refractivity contribution in [2.24, 2.45) is 4.99 Å². The Morgan fingerprint density at radius 2 is 1.93 bits per heavy atom. The van der Waals surface area contributed by atoms with E-state index in [1.54, 1.807) is 18.4 Å². The predicted octanol–water partition coefficient (Wildman–Crippen LogP) is 1.97. The molecule has 0 fully saturated rings. The number of aliphatic hydroxyl groups is 1. The van der Waals surface area contributed by atoms with E-state index in [-0.39, 0.29) is 25.1 Å². The Morgan fingerprint density at radius 1 is 1.17 bits per heavy atom. The van der Waals surface area contributed by atoms with E-state index < -0.39 is 6.10 Å². The number of nitrogens with one attached hydrogen (secondary N) is 3. The molecular weight excluding hydrogens is 372 g/mol. The minimum atomic E-state index is -0.722. The quantitative estimate of drug-likeness (QED) is 0.357. The molecule has 2 aromatic rings. The third-order valence-electron chi connectivity index (χ3n) is 3.86. The molecule has 2 rings (SSSR count). The van der Waals surface area contributed by atoms with Crippen LogP contribution in [0.4, 0.5) is 0 Å². The molecule has 4 N–H and O–H groups in total. The summed E-state index contributed by atoms with van der Waals surface area (Å²) in [5.41, 5.74) is 0.764. The Labute approximate surface area is 171 Å². The second kappa shape index (κ2) is 11.8. The summed E-state index contributed by atoms with van der Waals surface area (Å²) >= 11 is 0. The first-order chi connectivity index (χ1) is 14.0. The van der Waals surface area contributed by atoms with Gasteiger partial charge < -0.3 is 30.2 Å². The van der Waals surface area contributed by atoms with Gasteiger partial charge >= 0.3 is 0 Å². The molecule has 0 spiro atoms. The zero-order valence-electron chi connectivity index (χ0n) is 17.1. The van der Waals surface area contributed by atoms with Gasteiger partial charge in [0.2, 0.25) is 5.91 Å². The smallest absolute Gasteiger partial charge is 0.242 e. The Bertz CT molecular complexity index is 757. The van der Waals surface area contributed by atoms with Crippen LogP contribution in [-0.2, 0) is 11.3 Å². The Morgan fingerprint density at radius 3 is 2.55 bits per heavy atom. The number of aliphatic imine (C=N–C) groups is 1. The molecular formula is C21H30N4O4. The number of nitrogens with zero attached hydrogens (tertiary/aromatic N) is 1. The number of aliphatic hydroxyl groups excluding tert-OH is 1. The van der Waals surface area contributed by atoms with Crippen LogP contribution in [0.15, 0.2) is 52.1 Å². The van der Waals surface area contributed by atoms with Crippen LogP contribution in [0, 0.1) is 0 Å². The van der Waals surface area contributed by atoms with Gasteiger partial charge in [0, 0.05) is 13.1 Å². The number of carbonyl (C=O) groups excluding carboxylic acids is 1. The lowest BCUT2D eigenvalue weighted by molar-refractivity contribution is -0.119. The molecule has 0 aliphatic rings. The van der Waals surface area contributed by atoms with Crippen molar-refractivity contribution >= 4 is 11.9 Å². The molecule has 8 heteroatoms. The third kappa shape index (κ3) is 8.27. The monoisotopic (exact) mass is 402 g/mol. The van der Waals surface area contributed by atoms with Gasteiger partial charge in [-0.1, -0.05) is 12.1 Å². The summed E-state index contributed by atoms with van der Waals surface area (Å²) in [4.78, 5) is 16.2. The zero-order valence-corrected chi connectivity index (χ0v) is 17.1. The van der Waals surface area contributed by atoms with Gasteiger partial charge in [0.1, 0.15) is 18.1 Å². The Hall–Kier alpha value is -3.00. The summed E-state index contributed by atoms with van der Waals surface area (Å²) in [7, 11) is 0. The van der Waals surface area contributed by atoms with Crippen molar-refractivity contribution in [1.29, 1.82) is 0 Å². The molecule has 29 heavy (non-hydrogen) atoms. The number of guanidine groups is 1. The largest absolute Gasteiger partial charge is 0.491 e. The van der Waals surface area contributed by atoms with Gasteiger partial charge in [-0.2, -0.15) is 0 Å². The molecule has 158 valence electrons. The van der Waals surface area contributed by atoms with Crippen molar-refractivity contribution in [2.75, 3.05) is 19.6 Å². The molecule has 0 bridgehead atoms. The van der Waals surface area contributed by atoms with E-state index in [4.69, 9.17) is 9.15 Å². The fourth-order valence-electron chi connectivity index (χ4n) is 2.50. The molecule has 0 radical (unpaired) electrons. The van der Waals surface area contributed by atoms with Crippen LogP contribution in [0.2, 0.25) is 0 Å². The number of hydrogen-bond acceptors (Lipinski definition) is 5. The highest BCUT2D eigenvalue weighted by Gasteiger charge is 2.10. The number of benzene rings is 1. The second-order valence-corrected chi connectivity index (χ2v) is 6.68. The lowest BCUT2D eigenvalue weighted by Gasteiger charge is -2.16. The van der Waals surface area contributed by atoms with E-state index in [9.17, 15) is 9.90 Å². The van der Waals surface area contributed by atoms with Crippen LogP contribution < -0.4 is 20.7 Å². The second-order valence-electron chi connectivity index (χ2n) is 6.68. The van der Waals surface area contributed by atoms with Gasteiger partial charge in [0.15, 0.2) is 5.96 Å². The Balaban J connectivity index is 1.82. The third-order valence-corrected chi connectivity index (χ3v) is 3.86. The van der Waals surface area contributed by atoms with E-state index in [0.717, 1.165) is 11.3 Å². The molecule has 8 nitrogen and oxygen atoms in total. The standard InChI is InChI=1S/C21H30N4O4/c1-4-22-21(25-14-20(27)23-12-18-6-5-11-28-18)24-13-19(26)16-7-9-17(10-8-16)29-15(2)3/h5-11,15,19,26H,4,12-14H2,1-3H3,(H,23,27)(H2,22,24,25). The SMILES string of the molecule is CCNC(=NCC(=O)NCc1ccco1)NCC(O)c1ccc(OC(C)C)cc1. The zero-order chi connectivity index (χ0) is 21.1. The van der Waals surface area contributed by atoms with Crippen LogP contribution in [0.3, 0.4) is 0 Å². The molecule has 1 atom stereocenters. The highest BCUT2D eigenvalue weighted by atomic mass is 16.5. The highest BCUT2D eigenvalue weighted by Crippen LogP contribution is 2.18. The molecule has 0 aliphatic heterocycles. The van der Waals surface area contributed by atoms with Crippen molar-refractivity contribution in [3.8, 4) is 5.75 Å². The maximum atomic E-state index is 11.9. The van der Waals surface area contributed by atoms with Gasteiger partial charge in [-0.05, 0) is 50.6 Å². The summed E-state index contributed by atoms with van der Waals surface area (Å²) in [5, 5.41) is 19.2. The van der Waals surface area contributed by atoms with Crippen LogP contribution in [0.5, 0.6) is 5.75 Å². The van der Waals surface area contributed by atoms with Crippen LogP contribution in [-0.4, -0.2) is 42.7 Å². The first-order valence-electron chi connectivity index (χ1n) is 9.74. The average Bonchev–Trinajstić information content (AvgIpc) is 3.22. The number of furan rings is 1. The first-order valence-corrected chi connectivity index (χ1v) is 9.74. The highest BCUT2D eigenvalue weighted by molar-refractivity contribution is 5.84. The lowest BCUT2D eigenvalue weighted by Crippen LogP contribution is -2.40. The van der Waals surface area contributed by atoms with E-state index in [0.29, 0.717) is 24.8 Å². The summed E-state index contributed by atoms with van der Waals surface area (Å²) in [6.45, 7) is 7.03. The number of hydrogen-bond donors (Lipinski definition) is 4. The van der Waals surface area contributed by atoms with Crippen molar-refractivity contribution in [1.82, 2.24) is 16.0 Å². The number of carbonyl (C=O) groups is 1. The first kappa shape index (κ1) is 22.3. The fourth-order valence-corrected chi connectivity index (χ4v) is 2.50. The van der Waals surface area contributed by atoms with Crippen molar-refractivity contribution < 1.29 is 19.1 Å². The van der Waals surface area contributed by atoms with Crippen molar-refractivity contribution in [3.05, 3.63) is 54.0 Å². The minimum Gasteiger partial charge on any atom is -0.491 e. The van der Waals surface area contributed by atoms with E-state index in [2.05, 4.69) is 20.9 Å². The van der Waals surface area contributed by atoms with E-state index >= 15 is 0 Å². The molecule has 1 unspecified atom stereocenters. The van der Waals surface area contributed by atoms with Gasteiger partial charge in [-0.15, -0.1) is 0 Å². The van der Waals surface area contributed by atoms with Crippen LogP contribution in [0.1, 0.15) is 38.2 Å². The number of rotatable bonds is 10. The maximum absolute atomic E-state index is 11.9. The molecule has 0 saturated heterocycles. The molecule has 1 aromatic carbocycles. The molecule has 1 aromatic heterocycles. The normalized spacial score (nSPS) is 12.5. The van der Waals surface area contributed by atoms with Crippen LogP contribution in [0.25, 0.3) is 0 Å². The van der Waals surface area contributed by atoms with Gasteiger partial charge in [-0.3, -0.25) is 4.79 Å². The number of amides is 1. The van der Waals surface area contributed by atoms with E-state index in [1.807, 2.05) is 45.0 Å². The maximum Gasteiger partial charge on any atom is 0.242 e. The average molecular weight is 402 g/mol. The Kier molecular flexibility index (Phi) is 9.04. The minimum absolute atomic E-state index is 0.0344.